The summed E-state index contributed by atoms with van der Waals surface area (Å²) in [7, 11) is 1.49. The van der Waals surface area contributed by atoms with E-state index in [1.807, 2.05) is 35.2 Å². The smallest absolute Gasteiger partial charge is 0.335 e. The zero-order valence-corrected chi connectivity index (χ0v) is 26.6. The Balaban J connectivity index is 1.27. The van der Waals surface area contributed by atoms with E-state index < -0.39 is 12.0 Å². The fourth-order valence-electron chi connectivity index (χ4n) is 5.55. The van der Waals surface area contributed by atoms with Crippen molar-refractivity contribution in [1.29, 1.82) is 0 Å². The van der Waals surface area contributed by atoms with E-state index in [4.69, 9.17) is 25.8 Å². The molecule has 0 bridgehead atoms. The van der Waals surface area contributed by atoms with Gasteiger partial charge in [-0.15, -0.1) is 0 Å². The van der Waals surface area contributed by atoms with Crippen LogP contribution in [0.15, 0.2) is 97.1 Å². The molecule has 3 N–H and O–H groups in total. The number of hydrogen-bond acceptors (Lipinski definition) is 6. The van der Waals surface area contributed by atoms with Crippen molar-refractivity contribution < 1.29 is 33.7 Å². The van der Waals surface area contributed by atoms with Gasteiger partial charge in [0.05, 0.1) is 60.8 Å². The third kappa shape index (κ3) is 9.02. The van der Waals surface area contributed by atoms with Crippen molar-refractivity contribution in [3.63, 3.8) is 0 Å². The molecule has 3 amide bonds. The van der Waals surface area contributed by atoms with Gasteiger partial charge in [-0.3, -0.25) is 4.79 Å². The highest BCUT2D eigenvalue weighted by Gasteiger charge is 2.37. The van der Waals surface area contributed by atoms with Crippen molar-refractivity contribution in [3.05, 3.63) is 119 Å². The molecule has 47 heavy (non-hydrogen) atoms. The van der Waals surface area contributed by atoms with Crippen molar-refractivity contribution in [2.24, 2.45) is 0 Å². The molecule has 5 rings (SSSR count). The molecular weight excluding hydrogens is 622 g/mol. The highest BCUT2D eigenvalue weighted by atomic mass is 35.5. The summed E-state index contributed by atoms with van der Waals surface area (Å²) in [6.07, 6.45) is 1.52. The number of likely N-dealkylation sites (tertiary alicyclic amines) is 1. The fraction of sp³-hybridized carbons (Fsp3) is 0.250. The summed E-state index contributed by atoms with van der Waals surface area (Å²) in [4.78, 5) is 39.8. The van der Waals surface area contributed by atoms with Crippen molar-refractivity contribution in [2.45, 2.75) is 38.0 Å². The number of halogens is 1. The van der Waals surface area contributed by atoms with Crippen molar-refractivity contribution in [1.82, 2.24) is 4.90 Å². The number of nitrogens with one attached hydrogen (secondary N) is 2. The molecule has 10 nitrogen and oxygen atoms in total. The number of carbonyl (C=O) groups excluding carboxylic acids is 2. The van der Waals surface area contributed by atoms with Crippen molar-refractivity contribution in [2.75, 3.05) is 31.0 Å². The maximum absolute atomic E-state index is 13.9. The lowest BCUT2D eigenvalue weighted by Crippen LogP contribution is -2.46. The Bertz CT molecular complexity index is 1700. The number of anilines is 2. The molecule has 1 saturated heterocycles. The minimum absolute atomic E-state index is 0.0860. The monoisotopic (exact) mass is 657 g/mol. The second-order valence-electron chi connectivity index (χ2n) is 11.1. The standard InChI is InChI=1S/C36H36ClN3O7/c1-45-33-18-25(14-17-32(33)39-36(44)38-31-13-6-5-12-30(31)37)19-34(41)40-27(22-46-21-24-8-3-2-4-9-24)15-16-28(40)23-47-29-11-7-10-26(20-29)35(42)43/h2-14,17-18,20,27-28H,15-16,19,21-23H2,1H3,(H,42,43)(H2,38,39,44)/t27-,28+/m1/s1. The van der Waals surface area contributed by atoms with E-state index in [9.17, 15) is 19.5 Å². The number of para-hydroxylation sites is 1. The molecule has 4 aromatic carbocycles. The zero-order valence-electron chi connectivity index (χ0n) is 25.9. The van der Waals surface area contributed by atoms with Gasteiger partial charge in [-0.05, 0) is 66.4 Å². The molecular formula is C36H36ClN3O7. The predicted octanol–water partition coefficient (Wildman–Crippen LogP) is 6.89. The van der Waals surface area contributed by atoms with E-state index in [1.165, 1.54) is 19.2 Å². The third-order valence-corrected chi connectivity index (χ3v) is 8.17. The number of benzene rings is 4. The molecule has 1 heterocycles. The maximum atomic E-state index is 13.9. The summed E-state index contributed by atoms with van der Waals surface area (Å²) in [5, 5.41) is 15.2. The Labute approximate surface area is 278 Å². The molecule has 244 valence electrons. The summed E-state index contributed by atoms with van der Waals surface area (Å²) in [6, 6.07) is 27.3. The quantitative estimate of drug-likeness (QED) is 0.143. The largest absolute Gasteiger partial charge is 0.495 e. The summed E-state index contributed by atoms with van der Waals surface area (Å²) in [5.74, 6) is -0.330. The summed E-state index contributed by atoms with van der Waals surface area (Å²) < 4.78 is 17.6. The molecule has 11 heteroatoms. The van der Waals surface area contributed by atoms with Crippen molar-refractivity contribution >= 4 is 40.9 Å². The first-order valence-corrected chi connectivity index (χ1v) is 15.6. The van der Waals surface area contributed by atoms with Crippen LogP contribution >= 0.6 is 11.6 Å². The Kier molecular flexibility index (Phi) is 11.3. The normalized spacial score (nSPS) is 15.6. The first kappa shape index (κ1) is 33.3. The molecule has 0 aromatic heterocycles. The number of methoxy groups -OCH3 is 1. The van der Waals surface area contributed by atoms with Crippen LogP contribution in [-0.4, -0.2) is 60.3 Å². The number of nitrogens with zero attached hydrogens (tertiary/aromatic N) is 1. The minimum Gasteiger partial charge on any atom is -0.495 e. The van der Waals surface area contributed by atoms with Gasteiger partial charge in [0.1, 0.15) is 18.1 Å². The number of urea groups is 1. The van der Waals surface area contributed by atoms with E-state index in [1.54, 1.807) is 54.6 Å². The summed E-state index contributed by atoms with van der Waals surface area (Å²) in [6.45, 7) is 0.993. The van der Waals surface area contributed by atoms with Crippen LogP contribution in [0.3, 0.4) is 0 Å². The van der Waals surface area contributed by atoms with Crippen LogP contribution in [0.5, 0.6) is 11.5 Å². The first-order valence-electron chi connectivity index (χ1n) is 15.2. The second-order valence-corrected chi connectivity index (χ2v) is 11.5. The van der Waals surface area contributed by atoms with Gasteiger partial charge in [0.25, 0.3) is 0 Å². The molecule has 1 aliphatic rings. The molecule has 4 aromatic rings. The molecule has 1 fully saturated rings. The number of carboxylic acids is 1. The van der Waals surface area contributed by atoms with Gasteiger partial charge in [0.2, 0.25) is 5.91 Å². The number of amides is 3. The van der Waals surface area contributed by atoms with Crippen LogP contribution in [0.4, 0.5) is 16.2 Å². The van der Waals surface area contributed by atoms with Gasteiger partial charge >= 0.3 is 12.0 Å². The number of ether oxygens (including phenoxy) is 3. The number of carbonyl (C=O) groups is 3. The van der Waals surface area contributed by atoms with Crippen LogP contribution in [0.1, 0.15) is 34.3 Å². The van der Waals surface area contributed by atoms with Gasteiger partial charge < -0.3 is 34.9 Å². The topological polar surface area (TPSA) is 126 Å². The van der Waals surface area contributed by atoms with E-state index in [0.717, 1.165) is 12.0 Å². The lowest BCUT2D eigenvalue weighted by atomic mass is 10.1. The number of carboxylic acid groups (broad SMARTS) is 1. The van der Waals surface area contributed by atoms with E-state index in [0.29, 0.717) is 53.1 Å². The van der Waals surface area contributed by atoms with Gasteiger partial charge in [0, 0.05) is 0 Å². The number of hydrogen-bond donors (Lipinski definition) is 3. The molecule has 1 aliphatic heterocycles. The highest BCUT2D eigenvalue weighted by molar-refractivity contribution is 6.33. The highest BCUT2D eigenvalue weighted by Crippen LogP contribution is 2.30. The molecule has 0 radical (unpaired) electrons. The van der Waals surface area contributed by atoms with Crippen LogP contribution in [0.25, 0.3) is 0 Å². The van der Waals surface area contributed by atoms with E-state index in [-0.39, 0.29) is 36.6 Å². The van der Waals surface area contributed by atoms with Crippen LogP contribution in [0.2, 0.25) is 5.02 Å². The Morgan fingerprint density at radius 2 is 1.55 bits per heavy atom. The zero-order chi connectivity index (χ0) is 33.2. The second kappa shape index (κ2) is 16.0. The van der Waals surface area contributed by atoms with Gasteiger partial charge in [0.15, 0.2) is 0 Å². The lowest BCUT2D eigenvalue weighted by Gasteiger charge is -2.30. The maximum Gasteiger partial charge on any atom is 0.335 e. The van der Waals surface area contributed by atoms with Crippen LogP contribution < -0.4 is 20.1 Å². The average molecular weight is 658 g/mol. The van der Waals surface area contributed by atoms with Gasteiger partial charge in [-0.1, -0.05) is 66.2 Å². The first-order chi connectivity index (χ1) is 22.8. The molecule has 2 atom stereocenters. The SMILES string of the molecule is COc1cc(CC(=O)N2[C@@H](COCc3ccccc3)CC[C@H]2COc2cccc(C(=O)O)c2)ccc1NC(=O)Nc1ccccc1Cl. The third-order valence-electron chi connectivity index (χ3n) is 7.84. The number of rotatable bonds is 13. The Morgan fingerprint density at radius 3 is 2.30 bits per heavy atom. The Morgan fingerprint density at radius 1 is 0.830 bits per heavy atom. The van der Waals surface area contributed by atoms with Gasteiger partial charge in [-0.2, -0.15) is 0 Å². The average Bonchev–Trinajstić information content (AvgIpc) is 3.49. The molecule has 0 unspecified atom stereocenters. The Hall–Kier alpha value is -5.06. The van der Waals surface area contributed by atoms with Crippen LogP contribution in [0, 0.1) is 0 Å². The predicted molar refractivity (Wildman–Crippen MR) is 179 cm³/mol. The molecule has 0 spiro atoms. The fourth-order valence-corrected chi connectivity index (χ4v) is 5.73. The van der Waals surface area contributed by atoms with Crippen molar-refractivity contribution in [3.8, 4) is 11.5 Å². The lowest BCUT2D eigenvalue weighted by molar-refractivity contribution is -0.135. The van der Waals surface area contributed by atoms with Gasteiger partial charge in [-0.25, -0.2) is 9.59 Å². The summed E-state index contributed by atoms with van der Waals surface area (Å²) in [5.41, 5.74) is 2.77. The summed E-state index contributed by atoms with van der Waals surface area (Å²) >= 11 is 6.16. The minimum atomic E-state index is -1.04. The molecule has 0 saturated carbocycles. The number of aromatic carboxylic acids is 1. The molecule has 0 aliphatic carbocycles. The van der Waals surface area contributed by atoms with E-state index in [2.05, 4.69) is 10.6 Å². The van der Waals surface area contributed by atoms with Crippen LogP contribution in [-0.2, 0) is 22.6 Å². The van der Waals surface area contributed by atoms with E-state index >= 15 is 0 Å².